The average Bonchev–Trinajstić information content (AvgIpc) is 2.64. The van der Waals surface area contributed by atoms with Crippen LogP contribution in [0.15, 0.2) is 38.5 Å². The molecule has 0 saturated carbocycles. The summed E-state index contributed by atoms with van der Waals surface area (Å²) in [4.78, 5) is 13.0. The lowest BCUT2D eigenvalue weighted by Crippen LogP contribution is -2.11. The number of aromatic nitrogens is 2. The lowest BCUT2D eigenvalue weighted by Gasteiger charge is -1.98. The van der Waals surface area contributed by atoms with Gasteiger partial charge in [0.15, 0.2) is 5.82 Å². The second kappa shape index (κ2) is 3.58. The summed E-state index contributed by atoms with van der Waals surface area (Å²) in [6.07, 6.45) is 0. The molecule has 0 aliphatic rings. The minimum Gasteiger partial charge on any atom is -0.296 e. The Balaban J connectivity index is 2.44. The van der Waals surface area contributed by atoms with Gasteiger partial charge in [-0.1, -0.05) is 5.16 Å². The topological polar surface area (TPSA) is 119 Å². The van der Waals surface area contributed by atoms with Crippen LogP contribution in [0.1, 0.15) is 0 Å². The molecule has 0 amide bonds. The van der Waals surface area contributed by atoms with E-state index in [9.17, 15) is 13.2 Å². The molecule has 84 valence electrons. The average molecular weight is 241 g/mol. The van der Waals surface area contributed by atoms with E-state index in [1.165, 1.54) is 24.3 Å². The predicted octanol–water partition coefficient (Wildman–Crippen LogP) is -0.323. The first-order valence-corrected chi connectivity index (χ1v) is 5.71. The van der Waals surface area contributed by atoms with Crippen LogP contribution < -0.4 is 10.9 Å². The molecule has 0 bridgehead atoms. The number of hydrogen-bond donors (Lipinski definition) is 2. The molecule has 0 aliphatic carbocycles. The zero-order valence-electron chi connectivity index (χ0n) is 7.88. The monoisotopic (exact) mass is 241 g/mol. The fourth-order valence-electron chi connectivity index (χ4n) is 1.16. The molecule has 0 saturated heterocycles. The summed E-state index contributed by atoms with van der Waals surface area (Å²) in [5.74, 6) is -0.448. The minimum absolute atomic E-state index is 0.0120. The lowest BCUT2D eigenvalue weighted by molar-refractivity contribution is 0.388. The van der Waals surface area contributed by atoms with Crippen LogP contribution in [0.4, 0.5) is 0 Å². The van der Waals surface area contributed by atoms with Crippen molar-refractivity contribution >= 4 is 10.0 Å². The molecule has 0 spiro atoms. The molecule has 7 nitrogen and oxygen atoms in total. The molecule has 2 rings (SSSR count). The molecular weight excluding hydrogens is 234 g/mol. The summed E-state index contributed by atoms with van der Waals surface area (Å²) in [5, 5.41) is 8.38. The lowest BCUT2D eigenvalue weighted by atomic mass is 10.2. The molecule has 0 aliphatic heterocycles. The molecule has 2 aromatic rings. The highest BCUT2D eigenvalue weighted by Gasteiger charge is 2.09. The maximum absolute atomic E-state index is 11.0. The second-order valence-corrected chi connectivity index (χ2v) is 4.57. The van der Waals surface area contributed by atoms with Crippen molar-refractivity contribution in [2.75, 3.05) is 0 Å². The van der Waals surface area contributed by atoms with Gasteiger partial charge < -0.3 is 0 Å². The van der Waals surface area contributed by atoms with Crippen molar-refractivity contribution in [3.8, 4) is 11.4 Å². The van der Waals surface area contributed by atoms with Crippen LogP contribution in [0, 0.1) is 0 Å². The molecule has 1 aromatic heterocycles. The van der Waals surface area contributed by atoms with Crippen molar-refractivity contribution in [3.05, 3.63) is 34.8 Å². The highest BCUT2D eigenvalue weighted by molar-refractivity contribution is 7.89. The van der Waals surface area contributed by atoms with Crippen molar-refractivity contribution in [1.29, 1.82) is 0 Å². The van der Waals surface area contributed by atoms with Gasteiger partial charge in [-0.05, 0) is 24.3 Å². The van der Waals surface area contributed by atoms with E-state index in [0.717, 1.165) is 0 Å². The Morgan fingerprint density at radius 2 is 1.88 bits per heavy atom. The SMILES string of the molecule is NS(=O)(=O)c1ccc(-c2noc(=O)[nH]2)cc1. The number of benzene rings is 1. The Hall–Kier alpha value is -1.93. The van der Waals surface area contributed by atoms with E-state index in [4.69, 9.17) is 5.14 Å². The van der Waals surface area contributed by atoms with E-state index in [2.05, 4.69) is 14.7 Å². The molecule has 8 heteroatoms. The maximum atomic E-state index is 11.0. The van der Waals surface area contributed by atoms with Gasteiger partial charge in [-0.2, -0.15) is 0 Å². The van der Waals surface area contributed by atoms with Crippen LogP contribution in [-0.4, -0.2) is 18.6 Å². The Kier molecular flexibility index (Phi) is 2.37. The number of H-pyrrole nitrogens is 1. The Labute approximate surface area is 89.9 Å². The van der Waals surface area contributed by atoms with Gasteiger partial charge in [0.2, 0.25) is 10.0 Å². The van der Waals surface area contributed by atoms with Gasteiger partial charge in [-0.25, -0.2) is 18.4 Å². The summed E-state index contributed by atoms with van der Waals surface area (Å²) >= 11 is 0. The first-order chi connectivity index (χ1) is 7.47. The zero-order chi connectivity index (χ0) is 11.8. The van der Waals surface area contributed by atoms with Crippen LogP contribution in [0.5, 0.6) is 0 Å². The minimum atomic E-state index is -3.71. The van der Waals surface area contributed by atoms with Crippen LogP contribution in [0.25, 0.3) is 11.4 Å². The smallest absolute Gasteiger partial charge is 0.296 e. The van der Waals surface area contributed by atoms with Gasteiger partial charge in [-0.15, -0.1) is 0 Å². The molecule has 1 aromatic carbocycles. The van der Waals surface area contributed by atoms with Gasteiger partial charge in [-0.3, -0.25) is 9.51 Å². The Bertz CT molecular complexity index is 653. The van der Waals surface area contributed by atoms with Crippen LogP contribution >= 0.6 is 0 Å². The number of nitrogens with two attached hydrogens (primary N) is 1. The highest BCUT2D eigenvalue weighted by atomic mass is 32.2. The predicted molar refractivity (Wildman–Crippen MR) is 53.9 cm³/mol. The first kappa shape index (κ1) is 10.6. The van der Waals surface area contributed by atoms with Gasteiger partial charge in [0, 0.05) is 5.56 Å². The van der Waals surface area contributed by atoms with Crippen molar-refractivity contribution in [2.45, 2.75) is 4.90 Å². The van der Waals surface area contributed by atoms with Crippen LogP contribution in [0.3, 0.4) is 0 Å². The number of rotatable bonds is 2. The van der Waals surface area contributed by atoms with Gasteiger partial charge in [0.25, 0.3) is 0 Å². The summed E-state index contributed by atoms with van der Waals surface area (Å²) in [6.45, 7) is 0. The first-order valence-electron chi connectivity index (χ1n) is 4.16. The van der Waals surface area contributed by atoms with Crippen molar-refractivity contribution in [2.24, 2.45) is 5.14 Å². The van der Waals surface area contributed by atoms with E-state index in [0.29, 0.717) is 5.56 Å². The van der Waals surface area contributed by atoms with E-state index in [1.807, 2.05) is 0 Å². The third-order valence-corrected chi connectivity index (χ3v) is 2.83. The molecule has 0 unspecified atom stereocenters. The number of sulfonamides is 1. The number of nitrogens with one attached hydrogen (secondary N) is 1. The molecule has 0 fully saturated rings. The van der Waals surface area contributed by atoms with E-state index in [1.54, 1.807) is 0 Å². The summed E-state index contributed by atoms with van der Waals surface area (Å²) in [5.41, 5.74) is 0.526. The molecule has 3 N–H and O–H groups in total. The zero-order valence-corrected chi connectivity index (χ0v) is 8.69. The largest absolute Gasteiger partial charge is 0.439 e. The van der Waals surface area contributed by atoms with E-state index in [-0.39, 0.29) is 10.7 Å². The number of aromatic amines is 1. The van der Waals surface area contributed by atoms with E-state index >= 15 is 0 Å². The van der Waals surface area contributed by atoms with Gasteiger partial charge in [0.1, 0.15) is 0 Å². The van der Waals surface area contributed by atoms with Crippen molar-refractivity contribution < 1.29 is 12.9 Å². The van der Waals surface area contributed by atoms with Crippen molar-refractivity contribution in [1.82, 2.24) is 10.1 Å². The third-order valence-electron chi connectivity index (χ3n) is 1.90. The van der Waals surface area contributed by atoms with Crippen molar-refractivity contribution in [3.63, 3.8) is 0 Å². The second-order valence-electron chi connectivity index (χ2n) is 3.01. The fourth-order valence-corrected chi connectivity index (χ4v) is 1.67. The normalized spacial score (nSPS) is 11.6. The standard InChI is InChI=1S/C8H7N3O4S/c9-16(13,14)6-3-1-5(2-4-6)7-10-8(12)15-11-7/h1-4H,(H2,9,13,14)(H,10,11,12). The highest BCUT2D eigenvalue weighted by Crippen LogP contribution is 2.15. The Morgan fingerprint density at radius 3 is 2.31 bits per heavy atom. The summed E-state index contributed by atoms with van der Waals surface area (Å²) in [6, 6.07) is 5.57. The molecule has 0 radical (unpaired) electrons. The summed E-state index contributed by atoms with van der Waals surface area (Å²) < 4.78 is 26.3. The molecular formula is C8H7N3O4S. The number of nitrogens with zero attached hydrogens (tertiary/aromatic N) is 1. The van der Waals surface area contributed by atoms with Crippen LogP contribution in [-0.2, 0) is 10.0 Å². The maximum Gasteiger partial charge on any atom is 0.439 e. The van der Waals surface area contributed by atoms with Gasteiger partial charge in [0.05, 0.1) is 4.90 Å². The number of primary sulfonamides is 1. The molecule has 16 heavy (non-hydrogen) atoms. The van der Waals surface area contributed by atoms with Crippen LogP contribution in [0.2, 0.25) is 0 Å². The number of hydrogen-bond acceptors (Lipinski definition) is 5. The van der Waals surface area contributed by atoms with Gasteiger partial charge >= 0.3 is 5.76 Å². The third kappa shape index (κ3) is 2.02. The molecule has 1 heterocycles. The van der Waals surface area contributed by atoms with E-state index < -0.39 is 15.8 Å². The Morgan fingerprint density at radius 1 is 1.25 bits per heavy atom. The summed E-state index contributed by atoms with van der Waals surface area (Å²) in [7, 11) is -3.71. The quantitative estimate of drug-likeness (QED) is 0.746. The fraction of sp³-hybridized carbons (Fsp3) is 0. The molecule has 0 atom stereocenters.